The maximum atomic E-state index is 12.5. The van der Waals surface area contributed by atoms with Crippen molar-refractivity contribution in [3.63, 3.8) is 0 Å². The molecule has 2 rings (SSSR count). The molecule has 142 valence electrons. The van der Waals surface area contributed by atoms with Gasteiger partial charge in [-0.25, -0.2) is 0 Å². The van der Waals surface area contributed by atoms with E-state index in [1.54, 1.807) is 0 Å². The first kappa shape index (κ1) is 20.8. The molecule has 5 heteroatoms. The second-order valence-electron chi connectivity index (χ2n) is 7.43. The number of aryl methyl sites for hydroxylation is 1. The fourth-order valence-electron chi connectivity index (χ4n) is 2.56. The normalized spacial score (nSPS) is 11.4. The molecular weight excluding hydrogens is 354 g/mol. The third-order valence-electron chi connectivity index (χ3n) is 4.13. The molecule has 0 bridgehead atoms. The summed E-state index contributed by atoms with van der Waals surface area (Å²) in [6.07, 6.45) is 2.70. The molecule has 0 unspecified atom stereocenters. The fourth-order valence-corrected chi connectivity index (χ4v) is 2.77. The van der Waals surface area contributed by atoms with Crippen molar-refractivity contribution in [3.8, 4) is 0 Å². The van der Waals surface area contributed by atoms with E-state index in [1.165, 1.54) is 5.56 Å². The molecule has 2 N–H and O–H groups in total. The van der Waals surface area contributed by atoms with Crippen molar-refractivity contribution in [2.45, 2.75) is 46.5 Å². The number of anilines is 1. The molecule has 0 atom stereocenters. The highest BCUT2D eigenvalue weighted by Gasteiger charge is 2.15. The zero-order chi connectivity index (χ0) is 20.0. The Balaban J connectivity index is 2.09. The van der Waals surface area contributed by atoms with Gasteiger partial charge in [-0.3, -0.25) is 15.1 Å². The molecule has 1 amide bonds. The van der Waals surface area contributed by atoms with Gasteiger partial charge >= 0.3 is 0 Å². The predicted molar refractivity (Wildman–Crippen MR) is 118 cm³/mol. The number of rotatable bonds is 4. The second kappa shape index (κ2) is 8.91. The number of amides is 1. The van der Waals surface area contributed by atoms with E-state index in [1.807, 2.05) is 62.5 Å². The number of benzene rings is 2. The number of carbonyl (C=O) groups excluding carboxylic acids is 1. The number of hydrogen-bond acceptors (Lipinski definition) is 3. The molecule has 27 heavy (non-hydrogen) atoms. The van der Waals surface area contributed by atoms with Crippen molar-refractivity contribution in [1.82, 2.24) is 5.32 Å². The van der Waals surface area contributed by atoms with Gasteiger partial charge in [-0.1, -0.05) is 52.0 Å². The van der Waals surface area contributed by atoms with Crippen LogP contribution in [0.2, 0.25) is 0 Å². The second-order valence-corrected chi connectivity index (χ2v) is 7.83. The topological polar surface area (TPSA) is 53.5 Å². The number of carbonyl (C=O) groups is 1. The lowest BCUT2D eigenvalue weighted by Crippen LogP contribution is -2.34. The van der Waals surface area contributed by atoms with Gasteiger partial charge in [0.1, 0.15) is 0 Å². The lowest BCUT2D eigenvalue weighted by atomic mass is 9.87. The first-order valence-electron chi connectivity index (χ1n) is 9.07. The van der Waals surface area contributed by atoms with Crippen LogP contribution in [0.5, 0.6) is 0 Å². The minimum atomic E-state index is -0.237. The van der Waals surface area contributed by atoms with E-state index in [4.69, 9.17) is 12.2 Å². The van der Waals surface area contributed by atoms with Gasteiger partial charge in [0.25, 0.3) is 5.91 Å². The molecule has 2 aromatic carbocycles. The molecule has 4 nitrogen and oxygen atoms in total. The third-order valence-corrected chi connectivity index (χ3v) is 4.33. The minimum Gasteiger partial charge on any atom is -0.331 e. The van der Waals surface area contributed by atoms with Crippen LogP contribution in [0, 0.1) is 6.92 Å². The van der Waals surface area contributed by atoms with Crippen LogP contribution in [0.25, 0.3) is 0 Å². The summed E-state index contributed by atoms with van der Waals surface area (Å²) < 4.78 is 0. The van der Waals surface area contributed by atoms with Crippen molar-refractivity contribution in [2.75, 3.05) is 5.32 Å². The number of nitrogens with one attached hydrogen (secondary N) is 2. The van der Waals surface area contributed by atoms with Crippen LogP contribution in [-0.4, -0.2) is 17.2 Å². The van der Waals surface area contributed by atoms with Crippen LogP contribution in [0.1, 0.15) is 55.6 Å². The zero-order valence-corrected chi connectivity index (χ0v) is 17.4. The molecule has 0 aromatic heterocycles. The van der Waals surface area contributed by atoms with Gasteiger partial charge in [0.05, 0.1) is 11.4 Å². The molecule has 0 saturated carbocycles. The molecular formula is C22H27N3OS. The van der Waals surface area contributed by atoms with E-state index in [9.17, 15) is 4.79 Å². The number of aliphatic imine (C=N–C) groups is 1. The van der Waals surface area contributed by atoms with Gasteiger partial charge in [-0.05, 0) is 60.3 Å². The van der Waals surface area contributed by atoms with Crippen LogP contribution < -0.4 is 10.6 Å². The van der Waals surface area contributed by atoms with E-state index in [0.717, 1.165) is 23.4 Å². The van der Waals surface area contributed by atoms with Gasteiger partial charge in [-0.15, -0.1) is 0 Å². The Morgan fingerprint density at radius 1 is 1.15 bits per heavy atom. The highest BCUT2D eigenvalue weighted by Crippen LogP contribution is 2.28. The summed E-state index contributed by atoms with van der Waals surface area (Å²) in [5, 5.41) is 6.07. The summed E-state index contributed by atoms with van der Waals surface area (Å²) in [6.45, 7) is 10.4. The number of hydrogen-bond donors (Lipinski definition) is 2. The van der Waals surface area contributed by atoms with Crippen molar-refractivity contribution in [3.05, 3.63) is 59.2 Å². The molecule has 2 aromatic rings. The first-order chi connectivity index (χ1) is 12.7. The summed E-state index contributed by atoms with van der Waals surface area (Å²) in [5.41, 5.74) is 4.43. The largest absolute Gasteiger partial charge is 0.331 e. The molecule has 0 aliphatic heterocycles. The maximum Gasteiger partial charge on any atom is 0.257 e. The van der Waals surface area contributed by atoms with Crippen LogP contribution in [0.15, 0.2) is 47.5 Å². The number of nitrogens with zero attached hydrogens (tertiary/aromatic N) is 1. The fraction of sp³-hybridized carbons (Fsp3) is 0.318. The molecule has 0 saturated heterocycles. The molecule has 0 fully saturated rings. The summed E-state index contributed by atoms with van der Waals surface area (Å²) in [4.78, 5) is 16.9. The molecule has 0 aliphatic rings. The van der Waals surface area contributed by atoms with E-state index in [-0.39, 0.29) is 16.4 Å². The minimum absolute atomic E-state index is 0.0481. The van der Waals surface area contributed by atoms with Gasteiger partial charge in [0.15, 0.2) is 5.11 Å². The van der Waals surface area contributed by atoms with Gasteiger partial charge in [-0.2, -0.15) is 0 Å². The van der Waals surface area contributed by atoms with E-state index in [0.29, 0.717) is 5.56 Å². The van der Waals surface area contributed by atoms with Gasteiger partial charge in [0, 0.05) is 11.8 Å². The van der Waals surface area contributed by atoms with Crippen LogP contribution >= 0.6 is 12.2 Å². The van der Waals surface area contributed by atoms with E-state index >= 15 is 0 Å². The van der Waals surface area contributed by atoms with Crippen molar-refractivity contribution in [1.29, 1.82) is 0 Å². The predicted octanol–water partition coefficient (Wildman–Crippen LogP) is 5.53. The lowest BCUT2D eigenvalue weighted by molar-refractivity contribution is 0.0977. The lowest BCUT2D eigenvalue weighted by Gasteiger charge is -2.19. The van der Waals surface area contributed by atoms with Crippen molar-refractivity contribution < 1.29 is 4.79 Å². The molecule has 0 aliphatic carbocycles. The van der Waals surface area contributed by atoms with Gasteiger partial charge in [0.2, 0.25) is 0 Å². The Bertz CT molecular complexity index is 849. The third kappa shape index (κ3) is 5.73. The molecule has 0 radical (unpaired) electrons. The average Bonchev–Trinajstić information content (AvgIpc) is 2.60. The van der Waals surface area contributed by atoms with Crippen LogP contribution in [0.3, 0.4) is 0 Å². The van der Waals surface area contributed by atoms with E-state index < -0.39 is 0 Å². The quantitative estimate of drug-likeness (QED) is 0.541. The summed E-state index contributed by atoms with van der Waals surface area (Å²) >= 11 is 5.32. The maximum absolute atomic E-state index is 12.5. The SMILES string of the molecule is CCC=Nc1c(C)cccc1NC(=S)NC(=O)c1ccc(C(C)(C)C)cc1. The monoisotopic (exact) mass is 381 g/mol. The van der Waals surface area contributed by atoms with E-state index in [2.05, 4.69) is 36.4 Å². The van der Waals surface area contributed by atoms with Crippen molar-refractivity contribution in [2.24, 2.45) is 4.99 Å². The Kier molecular flexibility index (Phi) is 6.86. The summed E-state index contributed by atoms with van der Waals surface area (Å²) in [6, 6.07) is 13.4. The zero-order valence-electron chi connectivity index (χ0n) is 16.6. The molecule has 0 spiro atoms. The first-order valence-corrected chi connectivity index (χ1v) is 9.48. The Morgan fingerprint density at radius 2 is 1.81 bits per heavy atom. The van der Waals surface area contributed by atoms with Crippen molar-refractivity contribution >= 4 is 40.8 Å². The smallest absolute Gasteiger partial charge is 0.257 e. The van der Waals surface area contributed by atoms with Crippen LogP contribution in [0.4, 0.5) is 11.4 Å². The number of thiocarbonyl (C=S) groups is 1. The molecule has 0 heterocycles. The average molecular weight is 382 g/mol. The summed E-state index contributed by atoms with van der Waals surface area (Å²) in [5.74, 6) is -0.237. The van der Waals surface area contributed by atoms with Crippen LogP contribution in [-0.2, 0) is 5.41 Å². The Labute approximate surface area is 167 Å². The highest BCUT2D eigenvalue weighted by molar-refractivity contribution is 7.80. The highest BCUT2D eigenvalue weighted by atomic mass is 32.1. The Hall–Kier alpha value is -2.53. The standard InChI is InChI=1S/C22H27N3OS/c1-6-14-23-19-15(2)8-7-9-18(19)24-21(27)25-20(26)16-10-12-17(13-11-16)22(3,4)5/h7-14H,6H2,1-5H3,(H2,24,25,26,27). The summed E-state index contributed by atoms with van der Waals surface area (Å²) in [7, 11) is 0. The Morgan fingerprint density at radius 3 is 2.41 bits per heavy atom. The van der Waals surface area contributed by atoms with Gasteiger partial charge < -0.3 is 5.32 Å². The number of para-hydroxylation sites is 1.